The molecule has 0 saturated heterocycles. The van der Waals surface area contributed by atoms with Gasteiger partial charge in [0, 0.05) is 5.92 Å². The van der Waals surface area contributed by atoms with Gasteiger partial charge in [-0.25, -0.2) is 0 Å². The van der Waals surface area contributed by atoms with Gasteiger partial charge in [-0.3, -0.25) is 4.79 Å². The van der Waals surface area contributed by atoms with E-state index in [0.29, 0.717) is 23.2 Å². The Bertz CT molecular complexity index is 1100. The first-order chi connectivity index (χ1) is 17.5. The van der Waals surface area contributed by atoms with E-state index in [2.05, 4.69) is 73.7 Å². The third-order valence-corrected chi connectivity index (χ3v) is 11.0. The summed E-state index contributed by atoms with van der Waals surface area (Å²) in [6.45, 7) is 5.16. The van der Waals surface area contributed by atoms with Gasteiger partial charge >= 0.3 is 0 Å². The molecule has 2 aromatic carbocycles. The fourth-order valence-corrected chi connectivity index (χ4v) is 9.30. The molecule has 0 amide bonds. The number of carbonyl (C=O) groups excluding carboxylic acids is 1. The van der Waals surface area contributed by atoms with Crippen LogP contribution in [-0.4, -0.2) is 11.9 Å². The van der Waals surface area contributed by atoms with E-state index in [4.69, 9.17) is 4.74 Å². The zero-order valence-corrected chi connectivity index (χ0v) is 22.1. The Morgan fingerprint density at radius 1 is 0.889 bits per heavy atom. The number of rotatable bonds is 6. The topological polar surface area (TPSA) is 26.3 Å². The van der Waals surface area contributed by atoms with Crippen LogP contribution in [0.15, 0.2) is 72.3 Å². The molecule has 36 heavy (non-hydrogen) atoms. The summed E-state index contributed by atoms with van der Waals surface area (Å²) in [5.74, 6) is 2.83. The zero-order valence-electron chi connectivity index (χ0n) is 22.1. The highest BCUT2D eigenvalue weighted by atomic mass is 16.5. The number of ketones is 1. The smallest absolute Gasteiger partial charge is 0.133 e. The van der Waals surface area contributed by atoms with E-state index >= 15 is 0 Å². The van der Waals surface area contributed by atoms with E-state index in [0.717, 1.165) is 37.7 Å². The van der Waals surface area contributed by atoms with E-state index in [9.17, 15) is 4.79 Å². The van der Waals surface area contributed by atoms with Crippen molar-refractivity contribution in [3.05, 3.63) is 83.4 Å². The molecule has 2 nitrogen and oxygen atoms in total. The van der Waals surface area contributed by atoms with Crippen molar-refractivity contribution >= 4 is 5.78 Å². The number of ether oxygens (including phenoxy) is 1. The van der Waals surface area contributed by atoms with Crippen molar-refractivity contribution in [2.24, 2.45) is 34.5 Å². The van der Waals surface area contributed by atoms with Crippen LogP contribution in [-0.2, 0) is 22.6 Å². The Morgan fingerprint density at radius 3 is 2.33 bits per heavy atom. The molecule has 0 aromatic heterocycles. The fourth-order valence-electron chi connectivity index (χ4n) is 9.30. The number of hydrogen-bond donors (Lipinski definition) is 0. The summed E-state index contributed by atoms with van der Waals surface area (Å²) in [5, 5.41) is 0. The van der Waals surface area contributed by atoms with Crippen LogP contribution in [0.4, 0.5) is 0 Å². The molecule has 0 spiro atoms. The molecular formula is C34H42O2. The van der Waals surface area contributed by atoms with Gasteiger partial charge < -0.3 is 4.74 Å². The first-order valence-electron chi connectivity index (χ1n) is 14.4. The SMILES string of the molecule is CC(=O)C1CCC2C3CC=C4CC(OCc5ccccc5)CCC4(C)C3CCC12Cc1ccccc1. The Hall–Kier alpha value is -2.19. The normalized spacial score (nSPS) is 37.4. The quantitative estimate of drug-likeness (QED) is 0.390. The fraction of sp³-hybridized carbons (Fsp3) is 0.559. The number of benzene rings is 2. The Morgan fingerprint density at radius 2 is 1.61 bits per heavy atom. The molecule has 3 saturated carbocycles. The second-order valence-corrected chi connectivity index (χ2v) is 12.6. The minimum absolute atomic E-state index is 0.159. The molecular weight excluding hydrogens is 440 g/mol. The van der Waals surface area contributed by atoms with Crippen LogP contribution < -0.4 is 0 Å². The van der Waals surface area contributed by atoms with Crippen LogP contribution in [0.25, 0.3) is 0 Å². The Kier molecular flexibility index (Phi) is 6.44. The maximum absolute atomic E-state index is 12.9. The van der Waals surface area contributed by atoms with Gasteiger partial charge in [-0.05, 0) is 104 Å². The molecule has 3 fully saturated rings. The molecule has 4 aliphatic rings. The molecule has 2 aromatic rings. The molecule has 0 aliphatic heterocycles. The minimum Gasteiger partial charge on any atom is -0.373 e. The lowest BCUT2D eigenvalue weighted by Crippen LogP contribution is -2.52. The first kappa shape index (κ1) is 24.2. The van der Waals surface area contributed by atoms with Crippen LogP contribution >= 0.6 is 0 Å². The second-order valence-electron chi connectivity index (χ2n) is 12.6. The van der Waals surface area contributed by atoms with E-state index < -0.39 is 0 Å². The summed E-state index contributed by atoms with van der Waals surface area (Å²) in [6, 6.07) is 21.6. The molecule has 0 N–H and O–H groups in total. The van der Waals surface area contributed by atoms with Crippen LogP contribution in [0, 0.1) is 34.5 Å². The van der Waals surface area contributed by atoms with Gasteiger partial charge in [0.25, 0.3) is 0 Å². The Labute approximate surface area is 217 Å². The van der Waals surface area contributed by atoms with E-state index in [1.807, 2.05) is 6.92 Å². The predicted molar refractivity (Wildman–Crippen MR) is 145 cm³/mol. The lowest BCUT2D eigenvalue weighted by molar-refractivity contribution is -0.128. The highest BCUT2D eigenvalue weighted by molar-refractivity contribution is 5.79. The largest absolute Gasteiger partial charge is 0.373 e. The van der Waals surface area contributed by atoms with Gasteiger partial charge in [0.15, 0.2) is 0 Å². The highest BCUT2D eigenvalue weighted by Gasteiger charge is 2.61. The lowest BCUT2D eigenvalue weighted by Gasteiger charge is -2.59. The van der Waals surface area contributed by atoms with Crippen LogP contribution in [0.2, 0.25) is 0 Å². The number of allylic oxidation sites excluding steroid dienone is 1. The Balaban J connectivity index is 1.22. The van der Waals surface area contributed by atoms with Gasteiger partial charge in [-0.15, -0.1) is 0 Å². The summed E-state index contributed by atoms with van der Waals surface area (Å²) in [4.78, 5) is 12.9. The van der Waals surface area contributed by atoms with E-state index in [1.54, 1.807) is 5.57 Å². The minimum atomic E-state index is 0.159. The van der Waals surface area contributed by atoms with Crippen molar-refractivity contribution in [3.8, 4) is 0 Å². The van der Waals surface area contributed by atoms with Gasteiger partial charge in [-0.2, -0.15) is 0 Å². The summed E-state index contributed by atoms with van der Waals surface area (Å²) in [7, 11) is 0. The maximum Gasteiger partial charge on any atom is 0.133 e. The number of fused-ring (bicyclic) bond motifs is 5. The molecule has 0 heterocycles. The van der Waals surface area contributed by atoms with Crippen molar-refractivity contribution < 1.29 is 9.53 Å². The van der Waals surface area contributed by atoms with Crippen LogP contribution in [0.5, 0.6) is 0 Å². The predicted octanol–water partition coefficient (Wildman–Crippen LogP) is 7.96. The van der Waals surface area contributed by atoms with Crippen molar-refractivity contribution in [2.75, 3.05) is 0 Å². The third-order valence-electron chi connectivity index (χ3n) is 11.0. The zero-order chi connectivity index (χ0) is 24.8. The average molecular weight is 483 g/mol. The lowest BCUT2D eigenvalue weighted by atomic mass is 9.46. The number of hydrogen-bond acceptors (Lipinski definition) is 2. The monoisotopic (exact) mass is 482 g/mol. The van der Waals surface area contributed by atoms with Gasteiger partial charge in [-0.1, -0.05) is 79.2 Å². The number of Topliss-reactive ketones (excluding diaryl/α,β-unsaturated/α-hetero) is 1. The van der Waals surface area contributed by atoms with Crippen molar-refractivity contribution in [1.82, 2.24) is 0 Å². The van der Waals surface area contributed by atoms with Gasteiger partial charge in [0.05, 0.1) is 12.7 Å². The molecule has 0 radical (unpaired) electrons. The summed E-state index contributed by atoms with van der Waals surface area (Å²) in [5.41, 5.74) is 4.83. The molecule has 7 atom stereocenters. The summed E-state index contributed by atoms with van der Waals surface area (Å²) >= 11 is 0. The van der Waals surface area contributed by atoms with Crippen LogP contribution in [0.1, 0.15) is 76.3 Å². The van der Waals surface area contributed by atoms with E-state index in [1.165, 1.54) is 49.7 Å². The standard InChI is InChI=1S/C34H42O2/c1-24(35)30-15-16-32-29-14-13-27-21-28(36-23-26-11-7-4-8-12-26)17-19-33(27,2)31(29)18-20-34(30,32)22-25-9-5-3-6-10-25/h3-13,28-32H,14-23H2,1-2H3. The molecule has 2 heteroatoms. The second kappa shape index (κ2) is 9.60. The van der Waals surface area contributed by atoms with Crippen molar-refractivity contribution in [3.63, 3.8) is 0 Å². The molecule has 6 rings (SSSR count). The average Bonchev–Trinajstić information content (AvgIpc) is 3.28. The maximum atomic E-state index is 12.9. The van der Waals surface area contributed by atoms with Crippen molar-refractivity contribution in [2.45, 2.75) is 84.3 Å². The summed E-state index contributed by atoms with van der Waals surface area (Å²) < 4.78 is 6.41. The van der Waals surface area contributed by atoms with E-state index in [-0.39, 0.29) is 11.3 Å². The molecule has 4 aliphatic carbocycles. The van der Waals surface area contributed by atoms with Gasteiger partial charge in [0.2, 0.25) is 0 Å². The van der Waals surface area contributed by atoms with Crippen molar-refractivity contribution in [1.29, 1.82) is 0 Å². The van der Waals surface area contributed by atoms with Crippen LogP contribution in [0.3, 0.4) is 0 Å². The van der Waals surface area contributed by atoms with Gasteiger partial charge in [0.1, 0.15) is 5.78 Å². The summed E-state index contributed by atoms with van der Waals surface area (Å²) in [6.07, 6.45) is 13.6. The molecule has 7 unspecified atom stereocenters. The first-order valence-corrected chi connectivity index (χ1v) is 14.4. The molecule has 0 bridgehead atoms. The highest BCUT2D eigenvalue weighted by Crippen LogP contribution is 2.67. The third kappa shape index (κ3) is 4.10. The molecule has 190 valence electrons. The number of carbonyl (C=O) groups is 1.